The molecule has 26 heavy (non-hydrogen) atoms. The van der Waals surface area contributed by atoms with Crippen LogP contribution in [0.3, 0.4) is 0 Å². The summed E-state index contributed by atoms with van der Waals surface area (Å²) in [5.74, 6) is 0.0463. The second-order valence-corrected chi connectivity index (χ2v) is 7.36. The zero-order valence-corrected chi connectivity index (χ0v) is 17.1. The Balaban J connectivity index is 1.76. The standard InChI is InChI=1S/C18H17BrCl2N2O3/c1-25-17-14(20)8-11(9-15(17)21)18(24)22-12-2-3-16(13(19)10-12)23-4-6-26-7-5-23/h2-3,8-10H,4-7H2,1H3,(H,22,24). The average molecular weight is 460 g/mol. The number of nitrogens with one attached hydrogen (secondary N) is 1. The lowest BCUT2D eigenvalue weighted by Gasteiger charge is -2.29. The van der Waals surface area contributed by atoms with E-state index in [0.717, 1.165) is 23.2 Å². The molecule has 2 aromatic carbocycles. The second-order valence-electron chi connectivity index (χ2n) is 5.69. The molecule has 0 unspecified atom stereocenters. The maximum Gasteiger partial charge on any atom is 0.255 e. The zero-order chi connectivity index (χ0) is 18.7. The number of hydrogen-bond acceptors (Lipinski definition) is 4. The third kappa shape index (κ3) is 4.26. The van der Waals surface area contributed by atoms with Crippen molar-refractivity contribution in [3.63, 3.8) is 0 Å². The topological polar surface area (TPSA) is 50.8 Å². The molecule has 1 aliphatic heterocycles. The molecule has 0 aromatic heterocycles. The third-order valence-corrected chi connectivity index (χ3v) is 5.22. The Morgan fingerprint density at radius 1 is 1.19 bits per heavy atom. The van der Waals surface area contributed by atoms with Crippen molar-refractivity contribution in [3.8, 4) is 5.75 Å². The summed E-state index contributed by atoms with van der Waals surface area (Å²) in [6.45, 7) is 3.11. The Morgan fingerprint density at radius 3 is 2.42 bits per heavy atom. The molecule has 0 atom stereocenters. The molecule has 3 rings (SSSR count). The smallest absolute Gasteiger partial charge is 0.255 e. The van der Waals surface area contributed by atoms with Crippen LogP contribution in [0.25, 0.3) is 0 Å². The van der Waals surface area contributed by atoms with Crippen molar-refractivity contribution in [1.82, 2.24) is 0 Å². The van der Waals surface area contributed by atoms with Crippen molar-refractivity contribution >= 4 is 56.4 Å². The predicted octanol–water partition coefficient (Wildman–Crippen LogP) is 4.85. The fourth-order valence-corrected chi connectivity index (χ4v) is 4.01. The van der Waals surface area contributed by atoms with Crippen LogP contribution in [0.5, 0.6) is 5.75 Å². The number of rotatable bonds is 4. The van der Waals surface area contributed by atoms with Crippen molar-refractivity contribution in [2.75, 3.05) is 43.6 Å². The van der Waals surface area contributed by atoms with Gasteiger partial charge in [-0.15, -0.1) is 0 Å². The van der Waals surface area contributed by atoms with Crippen LogP contribution in [0, 0.1) is 0 Å². The van der Waals surface area contributed by atoms with Crippen LogP contribution in [0.2, 0.25) is 10.0 Å². The second kappa shape index (κ2) is 8.48. The van der Waals surface area contributed by atoms with Crippen LogP contribution in [0.15, 0.2) is 34.8 Å². The fourth-order valence-electron chi connectivity index (χ4n) is 2.73. The molecule has 0 aliphatic carbocycles. The lowest BCUT2D eigenvalue weighted by atomic mass is 10.2. The van der Waals surface area contributed by atoms with E-state index in [0.29, 0.717) is 30.2 Å². The van der Waals surface area contributed by atoms with Crippen LogP contribution < -0.4 is 15.0 Å². The maximum absolute atomic E-state index is 12.5. The molecule has 1 amide bonds. The van der Waals surface area contributed by atoms with Gasteiger partial charge in [0, 0.05) is 28.8 Å². The summed E-state index contributed by atoms with van der Waals surface area (Å²) in [6.07, 6.45) is 0. The van der Waals surface area contributed by atoms with Crippen LogP contribution in [-0.2, 0) is 4.74 Å². The molecular formula is C18H17BrCl2N2O3. The molecule has 0 saturated carbocycles. The number of carbonyl (C=O) groups excluding carboxylic acids is 1. The highest BCUT2D eigenvalue weighted by Crippen LogP contribution is 2.34. The van der Waals surface area contributed by atoms with E-state index in [1.165, 1.54) is 19.2 Å². The maximum atomic E-state index is 12.5. The molecule has 8 heteroatoms. The summed E-state index contributed by atoms with van der Waals surface area (Å²) >= 11 is 15.8. The van der Waals surface area contributed by atoms with Gasteiger partial charge in [0.25, 0.3) is 5.91 Å². The molecular weight excluding hydrogens is 443 g/mol. The third-order valence-electron chi connectivity index (χ3n) is 4.02. The van der Waals surface area contributed by atoms with Crippen LogP contribution >= 0.6 is 39.1 Å². The van der Waals surface area contributed by atoms with E-state index in [1.807, 2.05) is 18.2 Å². The molecule has 5 nitrogen and oxygen atoms in total. The van der Waals surface area contributed by atoms with Crippen molar-refractivity contribution in [1.29, 1.82) is 0 Å². The van der Waals surface area contributed by atoms with Gasteiger partial charge in [0.2, 0.25) is 0 Å². The fraction of sp³-hybridized carbons (Fsp3) is 0.278. The summed E-state index contributed by atoms with van der Waals surface area (Å²) < 4.78 is 11.4. The van der Waals surface area contributed by atoms with Gasteiger partial charge >= 0.3 is 0 Å². The first-order valence-electron chi connectivity index (χ1n) is 7.96. The first-order chi connectivity index (χ1) is 12.5. The van der Waals surface area contributed by atoms with E-state index in [1.54, 1.807) is 0 Å². The quantitative estimate of drug-likeness (QED) is 0.709. The molecule has 1 N–H and O–H groups in total. The molecule has 1 saturated heterocycles. The Morgan fingerprint density at radius 2 is 1.85 bits per heavy atom. The van der Waals surface area contributed by atoms with Gasteiger partial charge < -0.3 is 19.7 Å². The molecule has 0 radical (unpaired) electrons. The Hall–Kier alpha value is -1.47. The van der Waals surface area contributed by atoms with E-state index in [4.69, 9.17) is 32.7 Å². The van der Waals surface area contributed by atoms with Crippen molar-refractivity contribution in [3.05, 3.63) is 50.4 Å². The molecule has 1 fully saturated rings. The number of methoxy groups -OCH3 is 1. The molecule has 0 spiro atoms. The average Bonchev–Trinajstić information content (AvgIpc) is 2.62. The SMILES string of the molecule is COc1c(Cl)cc(C(=O)Nc2ccc(N3CCOCC3)c(Br)c2)cc1Cl. The number of nitrogens with zero attached hydrogens (tertiary/aromatic N) is 1. The van der Waals surface area contributed by atoms with Crippen LogP contribution in [0.1, 0.15) is 10.4 Å². The molecule has 1 aliphatic rings. The monoisotopic (exact) mass is 458 g/mol. The van der Waals surface area contributed by atoms with Gasteiger partial charge in [0.05, 0.1) is 36.1 Å². The largest absolute Gasteiger partial charge is 0.494 e. The van der Waals surface area contributed by atoms with Crippen LogP contribution in [-0.4, -0.2) is 39.3 Å². The van der Waals surface area contributed by atoms with Gasteiger partial charge in [-0.25, -0.2) is 0 Å². The summed E-state index contributed by atoms with van der Waals surface area (Å²) in [6, 6.07) is 8.76. The number of carbonyl (C=O) groups is 1. The van der Waals surface area contributed by atoms with E-state index in [-0.39, 0.29) is 16.0 Å². The normalized spacial score (nSPS) is 14.2. The molecule has 1 heterocycles. The summed E-state index contributed by atoms with van der Waals surface area (Å²) in [5.41, 5.74) is 2.10. The van der Waals surface area contributed by atoms with Gasteiger partial charge in [-0.1, -0.05) is 23.2 Å². The summed E-state index contributed by atoms with van der Waals surface area (Å²) in [7, 11) is 1.47. The highest BCUT2D eigenvalue weighted by Gasteiger charge is 2.16. The number of benzene rings is 2. The van der Waals surface area contributed by atoms with Gasteiger partial charge in [-0.05, 0) is 46.3 Å². The minimum atomic E-state index is -0.303. The lowest BCUT2D eigenvalue weighted by Crippen LogP contribution is -2.36. The highest BCUT2D eigenvalue weighted by molar-refractivity contribution is 9.10. The highest BCUT2D eigenvalue weighted by atomic mass is 79.9. The van der Waals surface area contributed by atoms with E-state index in [2.05, 4.69) is 26.1 Å². The van der Waals surface area contributed by atoms with E-state index < -0.39 is 0 Å². The first-order valence-corrected chi connectivity index (χ1v) is 9.51. The predicted molar refractivity (Wildman–Crippen MR) is 108 cm³/mol. The number of hydrogen-bond donors (Lipinski definition) is 1. The number of ether oxygens (including phenoxy) is 2. The Kier molecular flexibility index (Phi) is 6.29. The summed E-state index contributed by atoms with van der Waals surface area (Å²) in [4.78, 5) is 14.7. The molecule has 138 valence electrons. The van der Waals surface area contributed by atoms with Gasteiger partial charge in [0.1, 0.15) is 0 Å². The van der Waals surface area contributed by atoms with Crippen molar-refractivity contribution in [2.24, 2.45) is 0 Å². The van der Waals surface area contributed by atoms with E-state index >= 15 is 0 Å². The van der Waals surface area contributed by atoms with Crippen LogP contribution in [0.4, 0.5) is 11.4 Å². The summed E-state index contributed by atoms with van der Waals surface area (Å²) in [5, 5.41) is 3.42. The zero-order valence-electron chi connectivity index (χ0n) is 14.0. The van der Waals surface area contributed by atoms with Gasteiger partial charge in [-0.3, -0.25) is 4.79 Å². The van der Waals surface area contributed by atoms with Gasteiger partial charge in [-0.2, -0.15) is 0 Å². The number of morpholine rings is 1. The minimum Gasteiger partial charge on any atom is -0.494 e. The number of halogens is 3. The Labute approximate surface area is 170 Å². The van der Waals surface area contributed by atoms with Crippen molar-refractivity contribution in [2.45, 2.75) is 0 Å². The number of anilines is 2. The van der Waals surface area contributed by atoms with E-state index in [9.17, 15) is 4.79 Å². The molecule has 2 aromatic rings. The lowest BCUT2D eigenvalue weighted by molar-refractivity contribution is 0.102. The van der Waals surface area contributed by atoms with Crippen molar-refractivity contribution < 1.29 is 14.3 Å². The minimum absolute atomic E-state index is 0.286. The van der Waals surface area contributed by atoms with Gasteiger partial charge in [0.15, 0.2) is 5.75 Å². The molecule has 0 bridgehead atoms. The number of amides is 1. The first kappa shape index (κ1) is 19.3. The Bertz CT molecular complexity index is 803.